The van der Waals surface area contributed by atoms with Gasteiger partial charge in [0, 0.05) is 25.0 Å². The van der Waals surface area contributed by atoms with Gasteiger partial charge in [-0.15, -0.1) is 0 Å². The molecule has 1 aliphatic heterocycles. The van der Waals surface area contributed by atoms with Gasteiger partial charge in [-0.1, -0.05) is 13.8 Å². The van der Waals surface area contributed by atoms with Crippen LogP contribution >= 0.6 is 0 Å². The summed E-state index contributed by atoms with van der Waals surface area (Å²) < 4.78 is 33.0. The average molecular weight is 354 g/mol. The number of piperidine rings is 1. The maximum absolute atomic E-state index is 12.5. The summed E-state index contributed by atoms with van der Waals surface area (Å²) in [6, 6.07) is 6.26. The zero-order valence-electron chi connectivity index (χ0n) is 14.5. The van der Waals surface area contributed by atoms with E-state index in [1.807, 2.05) is 25.7 Å². The number of carbonyl (C=O) groups is 1. The van der Waals surface area contributed by atoms with Crippen molar-refractivity contribution in [3.8, 4) is 5.75 Å². The molecule has 0 atom stereocenters. The van der Waals surface area contributed by atoms with Crippen molar-refractivity contribution in [1.82, 2.24) is 9.62 Å². The molecule has 134 valence electrons. The number of nitrogens with zero attached hydrogens (tertiary/aromatic N) is 1. The molecule has 6 nitrogen and oxygen atoms in total. The molecule has 0 bridgehead atoms. The molecule has 1 amide bonds. The molecule has 1 heterocycles. The number of likely N-dealkylation sites (tertiary alicyclic amines) is 1. The molecule has 1 aliphatic rings. The summed E-state index contributed by atoms with van der Waals surface area (Å²) in [4.78, 5) is 14.0. The van der Waals surface area contributed by atoms with E-state index in [2.05, 4.69) is 4.72 Å². The average Bonchev–Trinajstić information content (AvgIpc) is 2.55. The molecule has 1 aromatic rings. The van der Waals surface area contributed by atoms with Crippen LogP contribution in [0.25, 0.3) is 0 Å². The maximum Gasteiger partial charge on any atom is 0.240 e. The van der Waals surface area contributed by atoms with Crippen LogP contribution in [0.4, 0.5) is 0 Å². The van der Waals surface area contributed by atoms with Crippen molar-refractivity contribution in [3.05, 3.63) is 24.3 Å². The molecule has 0 aromatic heterocycles. The molecular formula is C17H26N2O4S. The van der Waals surface area contributed by atoms with E-state index >= 15 is 0 Å². The number of hydrogen-bond acceptors (Lipinski definition) is 4. The fourth-order valence-corrected chi connectivity index (χ4v) is 4.06. The number of carbonyl (C=O) groups excluding carboxylic acids is 1. The van der Waals surface area contributed by atoms with E-state index in [0.717, 1.165) is 0 Å². The molecule has 24 heavy (non-hydrogen) atoms. The molecule has 0 aliphatic carbocycles. The summed E-state index contributed by atoms with van der Waals surface area (Å²) >= 11 is 0. The number of hydrogen-bond donors (Lipinski definition) is 1. The Balaban J connectivity index is 1.94. The first-order valence-corrected chi connectivity index (χ1v) is 9.85. The second-order valence-electron chi connectivity index (χ2n) is 6.28. The summed E-state index contributed by atoms with van der Waals surface area (Å²) in [5, 5.41) is 0. The largest absolute Gasteiger partial charge is 0.494 e. The van der Waals surface area contributed by atoms with E-state index in [1.54, 1.807) is 24.3 Å². The number of sulfonamides is 1. The monoisotopic (exact) mass is 354 g/mol. The van der Waals surface area contributed by atoms with E-state index in [1.165, 1.54) is 0 Å². The van der Waals surface area contributed by atoms with Crippen molar-refractivity contribution in [2.45, 2.75) is 44.6 Å². The predicted molar refractivity (Wildman–Crippen MR) is 92.4 cm³/mol. The van der Waals surface area contributed by atoms with Crippen molar-refractivity contribution < 1.29 is 17.9 Å². The Morgan fingerprint density at radius 1 is 1.25 bits per heavy atom. The molecule has 0 radical (unpaired) electrons. The van der Waals surface area contributed by atoms with Crippen LogP contribution in [-0.4, -0.2) is 45.0 Å². The molecule has 2 rings (SSSR count). The van der Waals surface area contributed by atoms with E-state index in [4.69, 9.17) is 4.74 Å². The molecule has 1 aromatic carbocycles. The van der Waals surface area contributed by atoms with Gasteiger partial charge in [-0.3, -0.25) is 4.79 Å². The Labute approximate surface area is 144 Å². The van der Waals surface area contributed by atoms with Crippen molar-refractivity contribution in [2.24, 2.45) is 5.92 Å². The summed E-state index contributed by atoms with van der Waals surface area (Å²) in [7, 11) is -3.55. The van der Waals surface area contributed by atoms with Crippen LogP contribution in [0.1, 0.15) is 33.6 Å². The number of amides is 1. The Morgan fingerprint density at radius 3 is 2.33 bits per heavy atom. The highest BCUT2D eigenvalue weighted by Crippen LogP contribution is 2.19. The van der Waals surface area contributed by atoms with E-state index < -0.39 is 10.0 Å². The Morgan fingerprint density at radius 2 is 1.83 bits per heavy atom. The van der Waals surface area contributed by atoms with Gasteiger partial charge in [0.2, 0.25) is 15.9 Å². The van der Waals surface area contributed by atoms with Crippen LogP contribution in [0.2, 0.25) is 0 Å². The van der Waals surface area contributed by atoms with Crippen molar-refractivity contribution in [3.63, 3.8) is 0 Å². The van der Waals surface area contributed by atoms with Gasteiger partial charge in [0.25, 0.3) is 0 Å². The van der Waals surface area contributed by atoms with Crippen molar-refractivity contribution >= 4 is 15.9 Å². The molecular weight excluding hydrogens is 328 g/mol. The number of ether oxygens (including phenoxy) is 1. The Bertz CT molecular complexity index is 648. The first-order chi connectivity index (χ1) is 11.3. The number of benzene rings is 1. The van der Waals surface area contributed by atoms with Crippen LogP contribution in [0.5, 0.6) is 5.75 Å². The van der Waals surface area contributed by atoms with Gasteiger partial charge in [-0.25, -0.2) is 13.1 Å². The highest BCUT2D eigenvalue weighted by atomic mass is 32.2. The van der Waals surface area contributed by atoms with Gasteiger partial charge in [0.15, 0.2) is 0 Å². The quantitative estimate of drug-likeness (QED) is 0.848. The Hall–Kier alpha value is -1.60. The molecule has 1 saturated heterocycles. The molecule has 0 spiro atoms. The second kappa shape index (κ2) is 7.98. The lowest BCUT2D eigenvalue weighted by Crippen LogP contribution is -2.47. The minimum absolute atomic E-state index is 0.0258. The van der Waals surface area contributed by atoms with Crippen LogP contribution < -0.4 is 9.46 Å². The molecule has 0 unspecified atom stereocenters. The van der Waals surface area contributed by atoms with E-state index in [9.17, 15) is 13.2 Å². The lowest BCUT2D eigenvalue weighted by Gasteiger charge is -2.33. The Kier molecular flexibility index (Phi) is 6.23. The molecule has 1 N–H and O–H groups in total. The highest BCUT2D eigenvalue weighted by Gasteiger charge is 2.27. The van der Waals surface area contributed by atoms with Gasteiger partial charge >= 0.3 is 0 Å². The van der Waals surface area contributed by atoms with Gasteiger partial charge in [-0.2, -0.15) is 0 Å². The summed E-state index contributed by atoms with van der Waals surface area (Å²) in [5.74, 6) is 0.752. The van der Waals surface area contributed by atoms with Gasteiger partial charge in [0.05, 0.1) is 11.5 Å². The lowest BCUT2D eigenvalue weighted by atomic mass is 10.0. The van der Waals surface area contributed by atoms with Crippen LogP contribution in [0.15, 0.2) is 29.2 Å². The third-order valence-electron chi connectivity index (χ3n) is 4.07. The summed E-state index contributed by atoms with van der Waals surface area (Å²) in [5.41, 5.74) is 0. The first kappa shape index (κ1) is 18.7. The summed E-state index contributed by atoms with van der Waals surface area (Å²) in [6.07, 6.45) is 1.27. The highest BCUT2D eigenvalue weighted by molar-refractivity contribution is 7.89. The second-order valence-corrected chi connectivity index (χ2v) is 7.99. The minimum Gasteiger partial charge on any atom is -0.494 e. The topological polar surface area (TPSA) is 75.7 Å². The van der Waals surface area contributed by atoms with Crippen LogP contribution in [-0.2, 0) is 14.8 Å². The number of rotatable bonds is 6. The first-order valence-electron chi connectivity index (χ1n) is 8.37. The van der Waals surface area contributed by atoms with Gasteiger partial charge in [0.1, 0.15) is 5.75 Å². The number of nitrogens with one attached hydrogen (secondary N) is 1. The minimum atomic E-state index is -3.55. The van der Waals surface area contributed by atoms with Crippen LogP contribution in [0, 0.1) is 5.92 Å². The zero-order valence-corrected chi connectivity index (χ0v) is 15.3. The van der Waals surface area contributed by atoms with Crippen molar-refractivity contribution in [1.29, 1.82) is 0 Å². The fraction of sp³-hybridized carbons (Fsp3) is 0.588. The fourth-order valence-electron chi connectivity index (χ4n) is 2.75. The molecule has 0 saturated carbocycles. The predicted octanol–water partition coefficient (Wildman–Crippen LogP) is 2.01. The zero-order chi connectivity index (χ0) is 17.7. The molecule has 7 heteroatoms. The van der Waals surface area contributed by atoms with Gasteiger partial charge < -0.3 is 9.64 Å². The maximum atomic E-state index is 12.5. The van der Waals surface area contributed by atoms with Crippen molar-refractivity contribution in [2.75, 3.05) is 19.7 Å². The third kappa shape index (κ3) is 4.70. The standard InChI is InChI=1S/C17H26N2O4S/c1-4-23-15-5-7-16(8-6-15)24(21,22)18-14-9-11-19(12-10-14)17(20)13(2)3/h5-8,13-14,18H,4,9-12H2,1-3H3. The summed E-state index contributed by atoms with van der Waals surface area (Å²) in [6.45, 7) is 7.35. The SMILES string of the molecule is CCOc1ccc(S(=O)(=O)NC2CCN(C(=O)C(C)C)CC2)cc1. The smallest absolute Gasteiger partial charge is 0.240 e. The van der Waals surface area contributed by atoms with Gasteiger partial charge in [-0.05, 0) is 44.0 Å². The molecule has 1 fully saturated rings. The third-order valence-corrected chi connectivity index (χ3v) is 5.60. The lowest BCUT2D eigenvalue weighted by molar-refractivity contribution is -0.135. The van der Waals surface area contributed by atoms with E-state index in [-0.39, 0.29) is 22.8 Å². The van der Waals surface area contributed by atoms with Crippen LogP contribution in [0.3, 0.4) is 0 Å². The van der Waals surface area contributed by atoms with E-state index in [0.29, 0.717) is 38.3 Å². The normalized spacial score (nSPS) is 16.4.